The fraction of sp³-hybridized carbons (Fsp3) is 0.754. The van der Waals surface area contributed by atoms with Gasteiger partial charge in [0.1, 0.15) is 18.8 Å². The van der Waals surface area contributed by atoms with Crippen molar-refractivity contribution in [1.82, 2.24) is 0 Å². The van der Waals surface area contributed by atoms with Crippen LogP contribution in [0.1, 0.15) is 265 Å². The topological polar surface area (TPSA) is 175 Å². The minimum atomic E-state index is -1.91. The monoisotopic (exact) mass is 1080 g/mol. The van der Waals surface area contributed by atoms with Crippen LogP contribution in [0.4, 0.5) is 0 Å². The molecule has 0 aromatic heterocycles. The number of carboxylic acids is 1. The average Bonchev–Trinajstić information content (AvgIpc) is 3.43. The highest BCUT2D eigenvalue weighted by Gasteiger charge is 2.50. The van der Waals surface area contributed by atoms with Gasteiger partial charge in [0, 0.05) is 19.3 Å². The Morgan fingerprint density at radius 1 is 0.442 bits per heavy atom. The molecule has 1 aliphatic heterocycles. The number of unbranched alkanes of at least 4 members (excludes halogenated alkanes) is 26. The van der Waals surface area contributed by atoms with E-state index in [1.807, 2.05) is 0 Å². The van der Waals surface area contributed by atoms with Crippen LogP contribution in [0.3, 0.4) is 0 Å². The number of esters is 3. The van der Waals surface area contributed by atoms with Crippen molar-refractivity contribution in [3.05, 3.63) is 72.9 Å². The van der Waals surface area contributed by atoms with E-state index < -0.39 is 67.3 Å². The van der Waals surface area contributed by atoms with Crippen molar-refractivity contribution in [2.75, 3.05) is 13.2 Å². The molecule has 0 radical (unpaired) electrons. The van der Waals surface area contributed by atoms with Gasteiger partial charge in [-0.15, -0.1) is 0 Å². The maximum atomic E-state index is 13.1. The van der Waals surface area contributed by atoms with Crippen LogP contribution < -0.4 is 0 Å². The molecule has 1 heterocycles. The highest BCUT2D eigenvalue weighted by molar-refractivity contribution is 5.74. The second-order valence-electron chi connectivity index (χ2n) is 21.0. The number of carboxylic acid groups (broad SMARTS) is 1. The van der Waals surface area contributed by atoms with Crippen molar-refractivity contribution in [1.29, 1.82) is 0 Å². The first-order valence-electron chi connectivity index (χ1n) is 30.9. The van der Waals surface area contributed by atoms with Gasteiger partial charge < -0.3 is 39.0 Å². The number of hydrogen-bond acceptors (Lipinski definition) is 11. The third-order valence-electron chi connectivity index (χ3n) is 13.8. The van der Waals surface area contributed by atoms with E-state index in [0.29, 0.717) is 19.3 Å². The van der Waals surface area contributed by atoms with Gasteiger partial charge in [-0.2, -0.15) is 0 Å². The lowest BCUT2D eigenvalue weighted by molar-refractivity contribution is -0.301. The van der Waals surface area contributed by atoms with Crippen molar-refractivity contribution in [3.63, 3.8) is 0 Å². The first kappa shape index (κ1) is 71.2. The summed E-state index contributed by atoms with van der Waals surface area (Å²) in [6.45, 7) is 5.83. The molecule has 0 saturated carbocycles. The van der Waals surface area contributed by atoms with Gasteiger partial charge in [-0.25, -0.2) is 4.79 Å². The fourth-order valence-corrected chi connectivity index (χ4v) is 9.04. The molecule has 1 rings (SSSR count). The molecule has 6 unspecified atom stereocenters. The largest absolute Gasteiger partial charge is 0.479 e. The lowest BCUT2D eigenvalue weighted by Gasteiger charge is -2.40. The van der Waals surface area contributed by atoms with E-state index in [-0.39, 0.29) is 25.9 Å². The number of hydrogen-bond donors (Lipinski definition) is 3. The molecule has 1 saturated heterocycles. The molecular weight excluding hydrogens is 973 g/mol. The van der Waals surface area contributed by atoms with E-state index >= 15 is 0 Å². The van der Waals surface area contributed by atoms with Crippen LogP contribution in [-0.2, 0) is 42.9 Å². The zero-order valence-electron chi connectivity index (χ0n) is 48.7. The second kappa shape index (κ2) is 52.8. The Morgan fingerprint density at radius 3 is 1.30 bits per heavy atom. The Kier molecular flexibility index (Phi) is 48.8. The maximum absolute atomic E-state index is 13.1. The van der Waals surface area contributed by atoms with Gasteiger partial charge in [-0.3, -0.25) is 14.4 Å². The van der Waals surface area contributed by atoms with E-state index in [4.69, 9.17) is 23.7 Å². The Hall–Kier alpha value is -3.84. The van der Waals surface area contributed by atoms with Crippen LogP contribution >= 0.6 is 0 Å². The molecule has 0 bridgehead atoms. The molecule has 1 fully saturated rings. The average molecular weight is 1080 g/mol. The number of allylic oxidation sites excluding steroid dienone is 12. The van der Waals surface area contributed by atoms with Gasteiger partial charge in [-0.1, -0.05) is 229 Å². The highest BCUT2D eigenvalue weighted by Crippen LogP contribution is 2.26. The Labute approximate surface area is 468 Å². The number of rotatable bonds is 52. The molecule has 0 aromatic carbocycles. The van der Waals surface area contributed by atoms with Crippen LogP contribution in [-0.4, -0.2) is 89.2 Å². The Morgan fingerprint density at radius 2 is 0.818 bits per heavy atom. The summed E-state index contributed by atoms with van der Waals surface area (Å²) in [6, 6.07) is 0. The third kappa shape index (κ3) is 42.7. The van der Waals surface area contributed by atoms with Gasteiger partial charge in [0.05, 0.1) is 6.61 Å². The molecule has 1 aliphatic rings. The Bertz CT molecular complexity index is 1620. The molecule has 442 valence electrons. The van der Waals surface area contributed by atoms with Crippen molar-refractivity contribution < 1.29 is 58.2 Å². The van der Waals surface area contributed by atoms with Crippen molar-refractivity contribution in [3.8, 4) is 0 Å². The van der Waals surface area contributed by atoms with E-state index in [2.05, 4.69) is 93.7 Å². The molecule has 0 amide bonds. The summed E-state index contributed by atoms with van der Waals surface area (Å²) in [5, 5.41) is 31.5. The van der Waals surface area contributed by atoms with Crippen LogP contribution in [0.15, 0.2) is 72.9 Å². The quantitative estimate of drug-likeness (QED) is 0.0228. The van der Waals surface area contributed by atoms with E-state index in [0.717, 1.165) is 103 Å². The van der Waals surface area contributed by atoms with Crippen LogP contribution in [0.5, 0.6) is 0 Å². The first-order chi connectivity index (χ1) is 37.6. The van der Waals surface area contributed by atoms with Gasteiger partial charge in [-0.05, 0) is 89.9 Å². The molecule has 0 aromatic rings. The Balaban J connectivity index is 2.70. The highest BCUT2D eigenvalue weighted by atomic mass is 16.7. The van der Waals surface area contributed by atoms with Gasteiger partial charge in [0.25, 0.3) is 0 Å². The zero-order valence-corrected chi connectivity index (χ0v) is 48.7. The SMILES string of the molecule is CC/C=C\C/C=C\C/C=C\C/C=C\CCCCC(=O)OC(COC(=O)CCCCCCCCC/C=C\C/C=C\CCCCC)COC1OC(C(=O)O)C(O)C(O)C1OC(=O)CCCCCCCCCCCCCCCCC. The summed E-state index contributed by atoms with van der Waals surface area (Å²) in [7, 11) is 0. The summed E-state index contributed by atoms with van der Waals surface area (Å²) in [5.74, 6) is -3.18. The molecule has 3 N–H and O–H groups in total. The summed E-state index contributed by atoms with van der Waals surface area (Å²) >= 11 is 0. The number of aliphatic hydroxyl groups is 2. The smallest absolute Gasteiger partial charge is 0.335 e. The number of carbonyl (C=O) groups excluding carboxylic acids is 3. The van der Waals surface area contributed by atoms with E-state index in [9.17, 15) is 34.5 Å². The molecule has 0 aliphatic carbocycles. The molecular formula is C65H110O12. The normalized spacial score (nSPS) is 18.5. The summed E-state index contributed by atoms with van der Waals surface area (Å²) in [6.07, 6.45) is 54.4. The van der Waals surface area contributed by atoms with E-state index in [1.165, 1.54) is 103 Å². The summed E-state index contributed by atoms with van der Waals surface area (Å²) in [5.41, 5.74) is 0. The molecule has 6 atom stereocenters. The fourth-order valence-electron chi connectivity index (χ4n) is 9.04. The zero-order chi connectivity index (χ0) is 56.1. The number of ether oxygens (including phenoxy) is 5. The third-order valence-corrected chi connectivity index (χ3v) is 13.8. The lowest BCUT2D eigenvalue weighted by atomic mass is 9.98. The van der Waals surface area contributed by atoms with Gasteiger partial charge in [0.15, 0.2) is 24.6 Å². The predicted octanol–water partition coefficient (Wildman–Crippen LogP) is 16.1. The molecule has 12 heteroatoms. The van der Waals surface area contributed by atoms with Crippen LogP contribution in [0.25, 0.3) is 0 Å². The first-order valence-corrected chi connectivity index (χ1v) is 30.9. The summed E-state index contributed by atoms with van der Waals surface area (Å²) in [4.78, 5) is 51.2. The standard InChI is InChI=1S/C65H110O12/c1-4-7-10-13-16-19-22-25-28-29-32-33-36-39-42-45-48-51-57(66)73-54-56(75-58(67)52-49-46-43-40-37-34-30-26-23-20-17-14-11-8-5-2)55-74-65-63(61(70)60(69)62(77-65)64(71)72)76-59(68)53-50-47-44-41-38-35-31-27-24-21-18-15-12-9-6-3/h8,11,16-17,19-20,25-26,28,30,37,40,56,60-63,65,69-70H,4-7,9-10,12-15,18,21-24,27,29,31-36,38-39,41-55H2,1-3H3,(H,71,72)/b11-8-,19-16-,20-17-,28-25-,30-26-,40-37-. The number of aliphatic hydroxyl groups excluding tert-OH is 2. The summed E-state index contributed by atoms with van der Waals surface area (Å²) < 4.78 is 28.4. The van der Waals surface area contributed by atoms with Gasteiger partial charge in [0.2, 0.25) is 0 Å². The predicted molar refractivity (Wildman–Crippen MR) is 312 cm³/mol. The molecule has 77 heavy (non-hydrogen) atoms. The van der Waals surface area contributed by atoms with Crippen molar-refractivity contribution >= 4 is 23.9 Å². The van der Waals surface area contributed by atoms with Crippen molar-refractivity contribution in [2.45, 2.75) is 302 Å². The minimum absolute atomic E-state index is 0.0562. The number of aliphatic carboxylic acids is 1. The second-order valence-corrected chi connectivity index (χ2v) is 21.0. The molecule has 12 nitrogen and oxygen atoms in total. The van der Waals surface area contributed by atoms with Gasteiger partial charge >= 0.3 is 23.9 Å². The minimum Gasteiger partial charge on any atom is -0.479 e. The van der Waals surface area contributed by atoms with Crippen molar-refractivity contribution in [2.24, 2.45) is 0 Å². The van der Waals surface area contributed by atoms with E-state index in [1.54, 1.807) is 0 Å². The van der Waals surface area contributed by atoms with Crippen LogP contribution in [0.2, 0.25) is 0 Å². The van der Waals surface area contributed by atoms with Crippen LogP contribution in [0, 0.1) is 0 Å². The maximum Gasteiger partial charge on any atom is 0.335 e. The lowest BCUT2D eigenvalue weighted by Crippen LogP contribution is -2.61. The molecule has 0 spiro atoms. The number of carbonyl (C=O) groups is 4.